The van der Waals surface area contributed by atoms with Crippen LogP contribution in [-0.4, -0.2) is 27.9 Å². The van der Waals surface area contributed by atoms with Crippen LogP contribution in [0.4, 0.5) is 16.1 Å². The SMILES string of the molecule is CC1=C(C(=O)Nc2cc(C(=O)O)ccc2Cl)C(c2ccccc2Cl)N=C(Nc2nc3ccc(F)cc3o2)N1. The number of aromatic nitrogens is 1. The topological polar surface area (TPSA) is 129 Å². The van der Waals surface area contributed by atoms with Crippen molar-refractivity contribution in [3.8, 4) is 0 Å². The monoisotopic (exact) mass is 553 g/mol. The average molecular weight is 554 g/mol. The first-order valence-electron chi connectivity index (χ1n) is 11.2. The van der Waals surface area contributed by atoms with E-state index >= 15 is 0 Å². The summed E-state index contributed by atoms with van der Waals surface area (Å²) < 4.78 is 19.1. The Bertz CT molecular complexity index is 1670. The van der Waals surface area contributed by atoms with E-state index in [4.69, 9.17) is 27.6 Å². The number of guanidine groups is 1. The van der Waals surface area contributed by atoms with Crippen LogP contribution in [0.1, 0.15) is 28.9 Å². The van der Waals surface area contributed by atoms with E-state index in [1.807, 2.05) is 0 Å². The van der Waals surface area contributed by atoms with Gasteiger partial charge in [0.1, 0.15) is 17.4 Å². The van der Waals surface area contributed by atoms with Crippen molar-refractivity contribution in [3.63, 3.8) is 0 Å². The number of amides is 1. The van der Waals surface area contributed by atoms with Crippen molar-refractivity contribution in [3.05, 3.63) is 98.9 Å². The minimum atomic E-state index is -1.16. The predicted molar refractivity (Wildman–Crippen MR) is 142 cm³/mol. The zero-order chi connectivity index (χ0) is 27.0. The molecule has 2 heterocycles. The number of allylic oxidation sites excluding steroid dienone is 1. The standard InChI is InChI=1S/C26H18Cl2FN5O4/c1-12-21(23(35)31-19-10-13(24(36)37)6-8-17(19)28)22(15-4-2-3-5-16(15)27)33-25(30-12)34-26-32-18-9-7-14(29)11-20(18)38-26/h2-11,22H,1H3,(H,31,35)(H,36,37)(H2,30,32,33,34). The van der Waals surface area contributed by atoms with Crippen LogP contribution >= 0.6 is 23.2 Å². The van der Waals surface area contributed by atoms with Gasteiger partial charge in [0.25, 0.3) is 5.91 Å². The fourth-order valence-corrected chi connectivity index (χ4v) is 4.36. The molecule has 38 heavy (non-hydrogen) atoms. The number of aromatic carboxylic acids is 1. The molecule has 0 fully saturated rings. The summed E-state index contributed by atoms with van der Waals surface area (Å²) in [7, 11) is 0. The van der Waals surface area contributed by atoms with E-state index in [0.717, 1.165) is 0 Å². The van der Waals surface area contributed by atoms with Crippen molar-refractivity contribution in [1.82, 2.24) is 10.3 Å². The van der Waals surface area contributed by atoms with Gasteiger partial charge in [0.05, 0.1) is 21.8 Å². The number of carboxylic acids is 1. The van der Waals surface area contributed by atoms with Crippen LogP contribution in [0.3, 0.4) is 0 Å². The number of oxazole rings is 1. The Morgan fingerprint density at radius 1 is 1.08 bits per heavy atom. The van der Waals surface area contributed by atoms with Crippen LogP contribution < -0.4 is 16.0 Å². The van der Waals surface area contributed by atoms with E-state index < -0.39 is 23.7 Å². The van der Waals surface area contributed by atoms with Gasteiger partial charge in [-0.3, -0.25) is 10.1 Å². The van der Waals surface area contributed by atoms with Crippen molar-refractivity contribution in [2.24, 2.45) is 4.99 Å². The predicted octanol–water partition coefficient (Wildman–Crippen LogP) is 6.00. The van der Waals surface area contributed by atoms with Crippen LogP contribution in [0.15, 0.2) is 81.3 Å². The highest BCUT2D eigenvalue weighted by Crippen LogP contribution is 2.36. The molecular formula is C26H18Cl2FN5O4. The number of carboxylic acid groups (broad SMARTS) is 1. The Labute approximate surface area is 225 Å². The Kier molecular flexibility index (Phi) is 6.75. The molecule has 1 aliphatic rings. The first kappa shape index (κ1) is 25.2. The summed E-state index contributed by atoms with van der Waals surface area (Å²) in [6.07, 6.45) is 0. The van der Waals surface area contributed by atoms with Crippen molar-refractivity contribution in [1.29, 1.82) is 0 Å². The van der Waals surface area contributed by atoms with Gasteiger partial charge in [-0.2, -0.15) is 4.98 Å². The van der Waals surface area contributed by atoms with Gasteiger partial charge in [-0.25, -0.2) is 14.2 Å². The van der Waals surface area contributed by atoms with Crippen LogP contribution in [0.25, 0.3) is 11.1 Å². The smallest absolute Gasteiger partial charge is 0.335 e. The molecule has 4 aromatic rings. The van der Waals surface area contributed by atoms with E-state index in [9.17, 15) is 19.1 Å². The molecule has 1 atom stereocenters. The zero-order valence-electron chi connectivity index (χ0n) is 19.6. The van der Waals surface area contributed by atoms with Crippen molar-refractivity contribution < 1.29 is 23.5 Å². The summed E-state index contributed by atoms with van der Waals surface area (Å²) in [4.78, 5) is 33.8. The molecule has 0 radical (unpaired) electrons. The number of fused-ring (bicyclic) bond motifs is 1. The summed E-state index contributed by atoms with van der Waals surface area (Å²) in [5.74, 6) is -1.98. The molecule has 1 unspecified atom stereocenters. The number of carbonyl (C=O) groups excluding carboxylic acids is 1. The van der Waals surface area contributed by atoms with Gasteiger partial charge in [0, 0.05) is 22.3 Å². The number of rotatable bonds is 5. The second kappa shape index (κ2) is 10.2. The highest BCUT2D eigenvalue weighted by atomic mass is 35.5. The maximum Gasteiger partial charge on any atom is 0.335 e. The zero-order valence-corrected chi connectivity index (χ0v) is 21.1. The number of nitrogens with one attached hydrogen (secondary N) is 3. The lowest BCUT2D eigenvalue weighted by atomic mass is 9.95. The molecule has 5 rings (SSSR count). The van der Waals surface area contributed by atoms with Crippen LogP contribution in [-0.2, 0) is 4.79 Å². The van der Waals surface area contributed by atoms with E-state index in [1.165, 1.54) is 36.4 Å². The molecule has 0 saturated carbocycles. The maximum atomic E-state index is 13.6. The van der Waals surface area contributed by atoms with Crippen LogP contribution in [0.2, 0.25) is 10.0 Å². The Morgan fingerprint density at radius 2 is 1.87 bits per heavy atom. The quantitative estimate of drug-likeness (QED) is 0.238. The lowest BCUT2D eigenvalue weighted by molar-refractivity contribution is -0.113. The summed E-state index contributed by atoms with van der Waals surface area (Å²) >= 11 is 12.7. The first-order valence-corrected chi connectivity index (χ1v) is 11.9. The lowest BCUT2D eigenvalue weighted by Crippen LogP contribution is -2.37. The van der Waals surface area contributed by atoms with Gasteiger partial charge in [0.2, 0.25) is 5.96 Å². The fraction of sp³-hybridized carbons (Fsp3) is 0.0769. The van der Waals surface area contributed by atoms with E-state index in [2.05, 4.69) is 25.9 Å². The molecule has 1 aromatic heterocycles. The summed E-state index contributed by atoms with van der Waals surface area (Å²) in [6, 6.07) is 14.1. The first-order chi connectivity index (χ1) is 18.2. The molecule has 3 aromatic carbocycles. The normalized spacial score (nSPS) is 15.2. The molecule has 1 aliphatic heterocycles. The van der Waals surface area contributed by atoms with Gasteiger partial charge in [-0.05, 0) is 43.3 Å². The number of aliphatic imine (C=N–C) groups is 1. The van der Waals surface area contributed by atoms with Gasteiger partial charge in [-0.15, -0.1) is 0 Å². The highest BCUT2D eigenvalue weighted by molar-refractivity contribution is 6.34. The van der Waals surface area contributed by atoms with Crippen LogP contribution in [0.5, 0.6) is 0 Å². The minimum absolute atomic E-state index is 0.0393. The minimum Gasteiger partial charge on any atom is -0.478 e. The second-order valence-corrected chi connectivity index (χ2v) is 9.09. The molecule has 12 heteroatoms. The Balaban J connectivity index is 1.50. The van der Waals surface area contributed by atoms with Gasteiger partial charge < -0.3 is 20.2 Å². The molecule has 4 N–H and O–H groups in total. The molecule has 9 nitrogen and oxygen atoms in total. The maximum absolute atomic E-state index is 13.6. The lowest BCUT2D eigenvalue weighted by Gasteiger charge is -2.27. The Hall–Kier alpha value is -4.41. The number of benzene rings is 3. The van der Waals surface area contributed by atoms with E-state index in [1.54, 1.807) is 31.2 Å². The number of hydrogen-bond acceptors (Lipinski definition) is 7. The third-order valence-electron chi connectivity index (χ3n) is 5.72. The van der Waals surface area contributed by atoms with Crippen molar-refractivity contribution in [2.45, 2.75) is 13.0 Å². The molecule has 0 aliphatic carbocycles. The third kappa shape index (κ3) is 5.04. The number of nitrogens with zero attached hydrogens (tertiary/aromatic N) is 2. The summed E-state index contributed by atoms with van der Waals surface area (Å²) in [5, 5.41) is 18.5. The number of anilines is 2. The molecule has 0 bridgehead atoms. The molecule has 0 spiro atoms. The summed E-state index contributed by atoms with van der Waals surface area (Å²) in [5.41, 5.74) is 1.98. The molecule has 192 valence electrons. The second-order valence-electron chi connectivity index (χ2n) is 8.28. The van der Waals surface area contributed by atoms with E-state index in [-0.39, 0.29) is 39.4 Å². The van der Waals surface area contributed by atoms with Crippen molar-refractivity contribution in [2.75, 3.05) is 10.6 Å². The van der Waals surface area contributed by atoms with Gasteiger partial charge in [-0.1, -0.05) is 41.4 Å². The molecule has 0 saturated heterocycles. The molecular weight excluding hydrogens is 536 g/mol. The third-order valence-corrected chi connectivity index (χ3v) is 6.40. The average Bonchev–Trinajstić information content (AvgIpc) is 3.26. The number of halogens is 3. The highest BCUT2D eigenvalue weighted by Gasteiger charge is 2.31. The van der Waals surface area contributed by atoms with Crippen LogP contribution in [0, 0.1) is 5.82 Å². The number of carbonyl (C=O) groups is 2. The summed E-state index contributed by atoms with van der Waals surface area (Å²) in [6.45, 7) is 1.67. The number of hydrogen-bond donors (Lipinski definition) is 4. The van der Waals surface area contributed by atoms with E-state index in [0.29, 0.717) is 21.8 Å². The Morgan fingerprint density at radius 3 is 2.63 bits per heavy atom. The fourth-order valence-electron chi connectivity index (χ4n) is 3.95. The van der Waals surface area contributed by atoms with Gasteiger partial charge in [0.15, 0.2) is 5.58 Å². The van der Waals surface area contributed by atoms with Crippen molar-refractivity contribution >= 4 is 63.8 Å². The largest absolute Gasteiger partial charge is 0.478 e. The van der Waals surface area contributed by atoms with Gasteiger partial charge >= 0.3 is 12.0 Å². The molecule has 1 amide bonds.